The van der Waals surface area contributed by atoms with Gasteiger partial charge in [-0.05, 0) is 24.1 Å². The van der Waals surface area contributed by atoms with Crippen molar-refractivity contribution in [2.45, 2.75) is 23.9 Å². The smallest absolute Gasteiger partial charge is 0.239 e. The zero-order valence-corrected chi connectivity index (χ0v) is 11.0. The summed E-state index contributed by atoms with van der Waals surface area (Å²) >= 11 is 0. The Balaban J connectivity index is 2.10. The highest BCUT2D eigenvalue weighted by atomic mass is 32.2. The van der Waals surface area contributed by atoms with E-state index in [9.17, 15) is 13.2 Å². The molecule has 6 heteroatoms. The Labute approximate surface area is 107 Å². The Kier molecular flexibility index (Phi) is 3.41. The monoisotopic (exact) mass is 268 g/mol. The molecule has 1 fully saturated rings. The second-order valence-corrected chi connectivity index (χ2v) is 6.59. The maximum absolute atomic E-state index is 11.6. The molecule has 18 heavy (non-hydrogen) atoms. The number of amides is 1. The fourth-order valence-corrected chi connectivity index (χ4v) is 2.61. The van der Waals surface area contributed by atoms with Gasteiger partial charge in [-0.15, -0.1) is 0 Å². The van der Waals surface area contributed by atoms with Crippen LogP contribution in [-0.2, 0) is 21.2 Å². The number of nitrogens with zero attached hydrogens (tertiary/aromatic N) is 1. The molecule has 0 saturated carbocycles. The number of nitrogens with two attached hydrogens (primary N) is 1. The summed E-state index contributed by atoms with van der Waals surface area (Å²) in [4.78, 5) is 13.6. The fourth-order valence-electron chi connectivity index (χ4n) is 1.98. The number of benzene rings is 1. The molecule has 0 aromatic heterocycles. The summed E-state index contributed by atoms with van der Waals surface area (Å²) in [6.45, 7) is 1.14. The summed E-state index contributed by atoms with van der Waals surface area (Å²) in [5.74, 6) is -0.0396. The molecule has 0 bridgehead atoms. The van der Waals surface area contributed by atoms with E-state index in [0.29, 0.717) is 19.5 Å². The van der Waals surface area contributed by atoms with Crippen LogP contribution in [0.15, 0.2) is 29.2 Å². The van der Waals surface area contributed by atoms with E-state index in [-0.39, 0.29) is 16.8 Å². The number of sulfone groups is 1. The third-order valence-electron chi connectivity index (χ3n) is 3.06. The van der Waals surface area contributed by atoms with Crippen LogP contribution in [0.1, 0.15) is 12.0 Å². The van der Waals surface area contributed by atoms with Crippen molar-refractivity contribution in [1.29, 1.82) is 0 Å². The van der Waals surface area contributed by atoms with Gasteiger partial charge in [-0.1, -0.05) is 12.1 Å². The number of rotatable bonds is 3. The molecule has 1 saturated heterocycles. The van der Waals surface area contributed by atoms with Gasteiger partial charge in [0.1, 0.15) is 0 Å². The lowest BCUT2D eigenvalue weighted by atomic mass is 10.2. The lowest BCUT2D eigenvalue weighted by Gasteiger charge is -2.16. The normalized spacial score (nSPS) is 20.4. The molecule has 0 radical (unpaired) electrons. The Bertz CT molecular complexity index is 551. The highest BCUT2D eigenvalue weighted by Crippen LogP contribution is 2.16. The van der Waals surface area contributed by atoms with Crippen molar-refractivity contribution in [3.05, 3.63) is 29.8 Å². The Morgan fingerprint density at radius 1 is 1.33 bits per heavy atom. The van der Waals surface area contributed by atoms with Crippen molar-refractivity contribution in [3.8, 4) is 0 Å². The van der Waals surface area contributed by atoms with Crippen molar-refractivity contribution >= 4 is 15.7 Å². The molecule has 1 aliphatic rings. The predicted octanol–water partition coefficient (Wildman–Crippen LogP) is 0.150. The fraction of sp³-hybridized carbons (Fsp3) is 0.417. The molecule has 1 atom stereocenters. The number of hydrogen-bond donors (Lipinski definition) is 1. The van der Waals surface area contributed by atoms with E-state index in [1.54, 1.807) is 29.2 Å². The molecule has 1 unspecified atom stereocenters. The largest absolute Gasteiger partial charge is 0.337 e. The summed E-state index contributed by atoms with van der Waals surface area (Å²) in [6.07, 6.45) is 1.85. The molecule has 5 nitrogen and oxygen atoms in total. The number of carbonyl (C=O) groups excluding carboxylic acids is 1. The van der Waals surface area contributed by atoms with Crippen LogP contribution in [0.5, 0.6) is 0 Å². The topological polar surface area (TPSA) is 80.5 Å². The Morgan fingerprint density at radius 3 is 2.39 bits per heavy atom. The van der Waals surface area contributed by atoms with Crippen LogP contribution < -0.4 is 5.73 Å². The van der Waals surface area contributed by atoms with Gasteiger partial charge >= 0.3 is 0 Å². The van der Waals surface area contributed by atoms with Gasteiger partial charge in [0.2, 0.25) is 5.91 Å². The number of likely N-dealkylation sites (tertiary alicyclic amines) is 1. The van der Waals surface area contributed by atoms with Crippen LogP contribution in [0.3, 0.4) is 0 Å². The Hall–Kier alpha value is -1.40. The minimum atomic E-state index is -3.17. The zero-order chi connectivity index (χ0) is 13.3. The van der Waals surface area contributed by atoms with Crippen LogP contribution in [0, 0.1) is 0 Å². The van der Waals surface area contributed by atoms with Crippen LogP contribution in [0.2, 0.25) is 0 Å². The third-order valence-corrected chi connectivity index (χ3v) is 4.19. The van der Waals surface area contributed by atoms with E-state index in [2.05, 4.69) is 0 Å². The van der Waals surface area contributed by atoms with Crippen molar-refractivity contribution in [3.63, 3.8) is 0 Å². The lowest BCUT2D eigenvalue weighted by Crippen LogP contribution is -2.33. The van der Waals surface area contributed by atoms with E-state index in [1.165, 1.54) is 6.26 Å². The Morgan fingerprint density at radius 2 is 1.94 bits per heavy atom. The first-order chi connectivity index (χ1) is 8.38. The number of carbonyl (C=O) groups is 1. The van der Waals surface area contributed by atoms with E-state index in [0.717, 1.165) is 5.56 Å². The van der Waals surface area contributed by atoms with Crippen LogP contribution in [0.25, 0.3) is 0 Å². The minimum Gasteiger partial charge on any atom is -0.337 e. The van der Waals surface area contributed by atoms with E-state index < -0.39 is 9.84 Å². The predicted molar refractivity (Wildman–Crippen MR) is 67.6 cm³/mol. The van der Waals surface area contributed by atoms with E-state index in [4.69, 9.17) is 5.73 Å². The average Bonchev–Trinajstić information content (AvgIpc) is 2.61. The summed E-state index contributed by atoms with van der Waals surface area (Å²) in [5.41, 5.74) is 6.54. The third kappa shape index (κ3) is 2.70. The molecule has 1 aromatic carbocycles. The van der Waals surface area contributed by atoms with Gasteiger partial charge in [0, 0.05) is 19.3 Å². The van der Waals surface area contributed by atoms with Crippen molar-refractivity contribution in [2.75, 3.05) is 12.8 Å². The summed E-state index contributed by atoms with van der Waals surface area (Å²) in [6, 6.07) is 6.19. The maximum atomic E-state index is 11.6. The highest BCUT2D eigenvalue weighted by Gasteiger charge is 2.28. The van der Waals surface area contributed by atoms with Crippen molar-refractivity contribution in [2.24, 2.45) is 5.73 Å². The molecule has 1 aliphatic heterocycles. The lowest BCUT2D eigenvalue weighted by molar-refractivity contribution is -0.129. The van der Waals surface area contributed by atoms with Gasteiger partial charge in [0.25, 0.3) is 0 Å². The van der Waals surface area contributed by atoms with Crippen molar-refractivity contribution < 1.29 is 13.2 Å². The molecule has 2 rings (SSSR count). The molecular weight excluding hydrogens is 252 g/mol. The quantitative estimate of drug-likeness (QED) is 0.846. The van der Waals surface area contributed by atoms with Gasteiger partial charge in [-0.3, -0.25) is 4.79 Å². The van der Waals surface area contributed by atoms with Crippen LogP contribution in [0.4, 0.5) is 0 Å². The van der Waals surface area contributed by atoms with Gasteiger partial charge < -0.3 is 10.6 Å². The van der Waals surface area contributed by atoms with E-state index in [1.807, 2.05) is 0 Å². The van der Waals surface area contributed by atoms with E-state index >= 15 is 0 Å². The van der Waals surface area contributed by atoms with Gasteiger partial charge in [-0.25, -0.2) is 8.42 Å². The molecule has 98 valence electrons. The standard InChI is InChI=1S/C12H16N2O3S/c1-18(16,17)10-4-2-9(3-5-10)8-14-7-6-11(13)12(14)15/h2-5,11H,6-8,13H2,1H3. The van der Waals surface area contributed by atoms with Crippen molar-refractivity contribution in [1.82, 2.24) is 4.90 Å². The maximum Gasteiger partial charge on any atom is 0.239 e. The molecule has 1 aromatic rings. The number of hydrogen-bond acceptors (Lipinski definition) is 4. The molecule has 1 heterocycles. The molecule has 2 N–H and O–H groups in total. The van der Waals surface area contributed by atoms with Crippen LogP contribution in [-0.4, -0.2) is 38.1 Å². The highest BCUT2D eigenvalue weighted by molar-refractivity contribution is 7.90. The zero-order valence-electron chi connectivity index (χ0n) is 10.2. The summed E-state index contributed by atoms with van der Waals surface area (Å²) in [7, 11) is -3.17. The van der Waals surface area contributed by atoms with Gasteiger partial charge in [0.05, 0.1) is 10.9 Å². The van der Waals surface area contributed by atoms with Gasteiger partial charge in [-0.2, -0.15) is 0 Å². The second kappa shape index (κ2) is 4.70. The second-order valence-electron chi connectivity index (χ2n) is 4.57. The SMILES string of the molecule is CS(=O)(=O)c1ccc(CN2CCC(N)C2=O)cc1. The first-order valence-electron chi connectivity index (χ1n) is 5.71. The first kappa shape index (κ1) is 13.0. The minimum absolute atomic E-state index is 0.0396. The van der Waals surface area contributed by atoms with Gasteiger partial charge in [0.15, 0.2) is 9.84 Å². The molecule has 0 aliphatic carbocycles. The first-order valence-corrected chi connectivity index (χ1v) is 7.60. The molecular formula is C12H16N2O3S. The summed E-state index contributed by atoms with van der Waals surface area (Å²) < 4.78 is 22.6. The molecule has 1 amide bonds. The van der Waals surface area contributed by atoms with Crippen LogP contribution >= 0.6 is 0 Å². The molecule has 0 spiro atoms. The summed E-state index contributed by atoms with van der Waals surface area (Å²) in [5, 5.41) is 0. The average molecular weight is 268 g/mol.